The molecule has 45 valence electrons. The molecule has 0 aliphatic rings. The van der Waals surface area contributed by atoms with Gasteiger partial charge in [0, 0.05) is 20.4 Å². The van der Waals surface area contributed by atoms with Crippen LogP contribution in [0, 0.1) is 0 Å². The fourth-order valence-electron chi connectivity index (χ4n) is 0. The molecule has 0 fully saturated rings. The zero-order valence-electron chi connectivity index (χ0n) is 2.50. The SMILES string of the molecule is F.F.F.OO.[Re]. The van der Waals surface area contributed by atoms with Gasteiger partial charge in [-0.1, -0.05) is 0 Å². The van der Waals surface area contributed by atoms with Gasteiger partial charge in [-0.05, 0) is 0 Å². The molecule has 0 aliphatic carbocycles. The van der Waals surface area contributed by atoms with Crippen LogP contribution < -0.4 is 0 Å². The summed E-state index contributed by atoms with van der Waals surface area (Å²) in [7, 11) is 0. The summed E-state index contributed by atoms with van der Waals surface area (Å²) in [6.07, 6.45) is 0. The third-order valence-corrected chi connectivity index (χ3v) is 0. The van der Waals surface area contributed by atoms with E-state index in [0.717, 1.165) is 0 Å². The summed E-state index contributed by atoms with van der Waals surface area (Å²) in [6, 6.07) is 0. The van der Waals surface area contributed by atoms with Crippen LogP contribution in [0.1, 0.15) is 0 Å². The molecule has 0 amide bonds. The van der Waals surface area contributed by atoms with Gasteiger partial charge in [0.25, 0.3) is 0 Å². The van der Waals surface area contributed by atoms with Crippen molar-refractivity contribution in [3.8, 4) is 0 Å². The maximum absolute atomic E-state index is 6.00. The van der Waals surface area contributed by atoms with Crippen LogP contribution in [-0.4, -0.2) is 10.5 Å². The summed E-state index contributed by atoms with van der Waals surface area (Å²) in [5.74, 6) is 0. The number of hydrogen-bond acceptors (Lipinski definition) is 2. The molecule has 0 saturated heterocycles. The predicted octanol–water partition coefficient (Wildman–Crippen LogP) is 0.472. The molecule has 0 aromatic carbocycles. The standard InChI is InChI=1S/3FH.H2O2.Re/c;;;1-2;/h3*1H;1-2H;. The van der Waals surface area contributed by atoms with E-state index in [0.29, 0.717) is 0 Å². The minimum atomic E-state index is 0. The van der Waals surface area contributed by atoms with Crippen molar-refractivity contribution < 1.29 is 45.1 Å². The fourth-order valence-corrected chi connectivity index (χ4v) is 0. The average Bonchev–Trinajstić information content (AvgIpc) is 1.00. The van der Waals surface area contributed by atoms with Gasteiger partial charge in [0.2, 0.25) is 0 Å². The summed E-state index contributed by atoms with van der Waals surface area (Å²) < 4.78 is 0. The van der Waals surface area contributed by atoms with Gasteiger partial charge >= 0.3 is 0 Å². The summed E-state index contributed by atoms with van der Waals surface area (Å²) in [5, 5.41) is 12.0. The van der Waals surface area contributed by atoms with Gasteiger partial charge in [0.15, 0.2) is 0 Å². The Balaban J connectivity index is -0.000000000833. The number of halogens is 3. The number of rotatable bonds is 0. The molecule has 0 unspecified atom stereocenters. The molecule has 6 heavy (non-hydrogen) atoms. The van der Waals surface area contributed by atoms with Crippen LogP contribution in [0.3, 0.4) is 0 Å². The zero-order chi connectivity index (χ0) is 2.00. The van der Waals surface area contributed by atoms with Gasteiger partial charge < -0.3 is 0 Å². The van der Waals surface area contributed by atoms with Crippen LogP contribution in [0.15, 0.2) is 0 Å². The van der Waals surface area contributed by atoms with E-state index in [1.54, 1.807) is 0 Å². The average molecular weight is 280 g/mol. The molecule has 2 N–H and O–H groups in total. The van der Waals surface area contributed by atoms with Crippen LogP contribution in [0.4, 0.5) is 14.1 Å². The maximum Gasteiger partial charge on any atom is 0 e. The Morgan fingerprint density at radius 1 is 0.667 bits per heavy atom. The first kappa shape index (κ1) is 97.7. The Kier molecular flexibility index (Phi) is 12100. The molecular weight excluding hydrogens is 275 g/mol. The van der Waals surface area contributed by atoms with E-state index >= 15 is 0 Å². The predicted molar refractivity (Wildman–Crippen MR) is 12.8 cm³/mol. The van der Waals surface area contributed by atoms with E-state index in [1.165, 1.54) is 0 Å². The molecule has 6 heteroatoms. The minimum absolute atomic E-state index is 0. The summed E-state index contributed by atoms with van der Waals surface area (Å²) in [4.78, 5) is 0. The van der Waals surface area contributed by atoms with Crippen LogP contribution in [-0.2, 0) is 20.4 Å². The van der Waals surface area contributed by atoms with Gasteiger partial charge in [-0.15, -0.1) is 0 Å². The Labute approximate surface area is 45.9 Å². The van der Waals surface area contributed by atoms with Gasteiger partial charge in [0.1, 0.15) is 0 Å². The second-order valence-corrected chi connectivity index (χ2v) is 0. The smallest absolute Gasteiger partial charge is 0 e. The zero-order valence-corrected chi connectivity index (χ0v) is 5.21. The second-order valence-electron chi connectivity index (χ2n) is 0. The van der Waals surface area contributed by atoms with E-state index in [9.17, 15) is 0 Å². The van der Waals surface area contributed by atoms with Crippen molar-refractivity contribution in [3.63, 3.8) is 0 Å². The quantitative estimate of drug-likeness (QED) is 0.500. The fraction of sp³-hybridized carbons (Fsp3) is 0. The van der Waals surface area contributed by atoms with Crippen molar-refractivity contribution in [3.05, 3.63) is 0 Å². The van der Waals surface area contributed by atoms with Gasteiger partial charge in [-0.2, -0.15) is 0 Å². The van der Waals surface area contributed by atoms with E-state index in [4.69, 9.17) is 10.5 Å². The molecular formula is H5F3O2Re. The molecule has 1 radical (unpaired) electrons. The van der Waals surface area contributed by atoms with Crippen molar-refractivity contribution in [1.82, 2.24) is 0 Å². The summed E-state index contributed by atoms with van der Waals surface area (Å²) in [5.41, 5.74) is 0. The Bertz CT molecular complexity index is 8.75. The molecule has 0 aromatic heterocycles. The molecule has 2 nitrogen and oxygen atoms in total. The van der Waals surface area contributed by atoms with E-state index < -0.39 is 0 Å². The van der Waals surface area contributed by atoms with Crippen molar-refractivity contribution in [2.24, 2.45) is 0 Å². The molecule has 0 rings (SSSR count). The Hall–Kier alpha value is 0.372. The summed E-state index contributed by atoms with van der Waals surface area (Å²) in [6.45, 7) is 0. The van der Waals surface area contributed by atoms with Gasteiger partial charge in [-0.25, -0.2) is 0 Å². The van der Waals surface area contributed by atoms with Crippen LogP contribution >= 0.6 is 0 Å². The molecule has 0 bridgehead atoms. The monoisotopic (exact) mass is 281 g/mol. The van der Waals surface area contributed by atoms with E-state index in [2.05, 4.69) is 0 Å². The third-order valence-electron chi connectivity index (χ3n) is 0. The molecule has 0 saturated carbocycles. The minimum Gasteiger partial charge on any atom is -0.269 e. The summed E-state index contributed by atoms with van der Waals surface area (Å²) >= 11 is 0. The molecule has 0 atom stereocenters. The van der Waals surface area contributed by atoms with E-state index in [-0.39, 0.29) is 34.5 Å². The third kappa shape index (κ3) is 359. The van der Waals surface area contributed by atoms with Crippen molar-refractivity contribution in [2.45, 2.75) is 0 Å². The largest absolute Gasteiger partial charge is 0.269 e. The van der Waals surface area contributed by atoms with Crippen molar-refractivity contribution in [2.75, 3.05) is 0 Å². The first-order valence-corrected chi connectivity index (χ1v) is 0.200. The number of hydrogen-bond donors (Lipinski definition) is 2. The molecule has 0 aliphatic heterocycles. The van der Waals surface area contributed by atoms with Crippen LogP contribution in [0.5, 0.6) is 0 Å². The normalized spacial score (nSPS) is 1.00. The van der Waals surface area contributed by atoms with Crippen LogP contribution in [0.25, 0.3) is 0 Å². The van der Waals surface area contributed by atoms with Crippen LogP contribution in [0.2, 0.25) is 0 Å². The van der Waals surface area contributed by atoms with Crippen molar-refractivity contribution >= 4 is 0 Å². The van der Waals surface area contributed by atoms with E-state index in [1.807, 2.05) is 0 Å². The van der Waals surface area contributed by atoms with Gasteiger partial charge in [0.05, 0.1) is 0 Å². The topological polar surface area (TPSA) is 40.5 Å². The second kappa shape index (κ2) is 741. The van der Waals surface area contributed by atoms with Gasteiger partial charge in [-0.3, -0.25) is 24.6 Å². The Morgan fingerprint density at radius 2 is 0.667 bits per heavy atom. The molecule has 0 aromatic rings. The maximum atomic E-state index is 6.00. The Morgan fingerprint density at radius 3 is 0.667 bits per heavy atom. The molecule has 0 heterocycles. The van der Waals surface area contributed by atoms with Crippen molar-refractivity contribution in [1.29, 1.82) is 0 Å². The first-order valence-electron chi connectivity index (χ1n) is 0.200. The first-order chi connectivity index (χ1) is 1.00. The molecule has 0 spiro atoms.